The molecule has 0 aromatic heterocycles. The highest BCUT2D eigenvalue weighted by atomic mass is 19.3. The zero-order chi connectivity index (χ0) is 12.3. The minimum absolute atomic E-state index is 0.0748. The first-order valence-electron chi connectivity index (χ1n) is 5.88. The zero-order valence-corrected chi connectivity index (χ0v) is 9.48. The Bertz CT molecular complexity index is 364. The molecular formula is C13H16F2O2. The van der Waals surface area contributed by atoms with Gasteiger partial charge in [-0.25, -0.2) is 0 Å². The van der Waals surface area contributed by atoms with Crippen LogP contribution in [0.15, 0.2) is 24.3 Å². The maximum atomic E-state index is 12.2. The lowest BCUT2D eigenvalue weighted by molar-refractivity contribution is -0.0516. The van der Waals surface area contributed by atoms with Crippen molar-refractivity contribution in [2.24, 2.45) is 5.92 Å². The van der Waals surface area contributed by atoms with Crippen molar-refractivity contribution in [3.63, 3.8) is 0 Å². The second kappa shape index (κ2) is 5.45. The van der Waals surface area contributed by atoms with Crippen LogP contribution in [0.4, 0.5) is 8.78 Å². The minimum atomic E-state index is -2.85. The van der Waals surface area contributed by atoms with Gasteiger partial charge in [-0.1, -0.05) is 31.0 Å². The molecule has 0 aliphatic heterocycles. The highest BCUT2D eigenvalue weighted by Crippen LogP contribution is 2.37. The van der Waals surface area contributed by atoms with E-state index in [2.05, 4.69) is 4.74 Å². The Balaban J connectivity index is 2.00. The van der Waals surface area contributed by atoms with E-state index in [4.69, 9.17) is 0 Å². The number of hydrogen-bond acceptors (Lipinski definition) is 2. The molecule has 0 spiro atoms. The van der Waals surface area contributed by atoms with E-state index >= 15 is 0 Å². The number of rotatable bonds is 6. The molecule has 4 heteroatoms. The number of para-hydroxylation sites is 1. The molecule has 1 atom stereocenters. The first-order chi connectivity index (χ1) is 8.16. The van der Waals surface area contributed by atoms with Gasteiger partial charge in [0.25, 0.3) is 0 Å². The van der Waals surface area contributed by atoms with Crippen LogP contribution in [0.25, 0.3) is 0 Å². The Morgan fingerprint density at radius 1 is 1.29 bits per heavy atom. The first kappa shape index (κ1) is 12.3. The molecule has 1 unspecified atom stereocenters. The lowest BCUT2D eigenvalue weighted by atomic mass is 10.0. The lowest BCUT2D eigenvalue weighted by Crippen LogP contribution is -2.07. The van der Waals surface area contributed by atoms with Crippen LogP contribution in [-0.4, -0.2) is 11.7 Å². The molecule has 1 saturated carbocycles. The fourth-order valence-electron chi connectivity index (χ4n) is 1.91. The summed E-state index contributed by atoms with van der Waals surface area (Å²) in [7, 11) is 0. The van der Waals surface area contributed by atoms with Gasteiger partial charge < -0.3 is 9.84 Å². The van der Waals surface area contributed by atoms with Gasteiger partial charge in [-0.3, -0.25) is 0 Å². The third kappa shape index (κ3) is 3.66. The van der Waals surface area contributed by atoms with Gasteiger partial charge in [0.15, 0.2) is 0 Å². The van der Waals surface area contributed by atoms with Crippen molar-refractivity contribution in [2.75, 3.05) is 0 Å². The molecule has 0 amide bonds. The van der Waals surface area contributed by atoms with Crippen molar-refractivity contribution < 1.29 is 18.6 Å². The maximum Gasteiger partial charge on any atom is 0.387 e. The van der Waals surface area contributed by atoms with E-state index in [0.717, 1.165) is 6.42 Å². The van der Waals surface area contributed by atoms with Crippen LogP contribution in [0, 0.1) is 5.92 Å². The second-order valence-corrected chi connectivity index (χ2v) is 4.45. The highest BCUT2D eigenvalue weighted by molar-refractivity contribution is 5.35. The Labute approximate surface area is 99.2 Å². The monoisotopic (exact) mass is 242 g/mol. The number of halogens is 2. The summed E-state index contributed by atoms with van der Waals surface area (Å²) >= 11 is 0. The molecule has 17 heavy (non-hydrogen) atoms. The topological polar surface area (TPSA) is 29.5 Å². The average molecular weight is 242 g/mol. The van der Waals surface area contributed by atoms with Crippen LogP contribution in [-0.2, 0) is 0 Å². The Kier molecular flexibility index (Phi) is 3.94. The van der Waals surface area contributed by atoms with Gasteiger partial charge in [-0.2, -0.15) is 8.78 Å². The number of aliphatic hydroxyl groups excluding tert-OH is 1. The molecular weight excluding hydrogens is 226 g/mol. The minimum Gasteiger partial charge on any atom is -0.434 e. The molecule has 0 heterocycles. The molecule has 2 nitrogen and oxygen atoms in total. The molecule has 1 aliphatic carbocycles. The van der Waals surface area contributed by atoms with Gasteiger partial charge in [0.1, 0.15) is 5.75 Å². The van der Waals surface area contributed by atoms with E-state index in [1.165, 1.54) is 18.9 Å². The molecule has 1 aromatic carbocycles. The van der Waals surface area contributed by atoms with E-state index in [-0.39, 0.29) is 5.75 Å². The van der Waals surface area contributed by atoms with E-state index in [0.29, 0.717) is 17.9 Å². The zero-order valence-electron chi connectivity index (χ0n) is 9.48. The van der Waals surface area contributed by atoms with Gasteiger partial charge in [0, 0.05) is 5.56 Å². The molecule has 1 aromatic rings. The van der Waals surface area contributed by atoms with Gasteiger partial charge >= 0.3 is 6.61 Å². The number of aliphatic hydroxyl groups is 1. The van der Waals surface area contributed by atoms with Crippen molar-refractivity contribution in [3.05, 3.63) is 29.8 Å². The molecule has 0 radical (unpaired) electrons. The van der Waals surface area contributed by atoms with Crippen LogP contribution in [0.3, 0.4) is 0 Å². The molecule has 2 rings (SSSR count). The normalized spacial score (nSPS) is 17.2. The third-order valence-corrected chi connectivity index (χ3v) is 3.04. The predicted molar refractivity (Wildman–Crippen MR) is 60.0 cm³/mol. The van der Waals surface area contributed by atoms with Gasteiger partial charge in [-0.05, 0) is 24.8 Å². The van der Waals surface area contributed by atoms with E-state index in [1.54, 1.807) is 18.2 Å². The van der Waals surface area contributed by atoms with Gasteiger partial charge in [0.2, 0.25) is 0 Å². The summed E-state index contributed by atoms with van der Waals surface area (Å²) in [4.78, 5) is 0. The fourth-order valence-corrected chi connectivity index (χ4v) is 1.91. The van der Waals surface area contributed by atoms with Crippen molar-refractivity contribution >= 4 is 0 Å². The van der Waals surface area contributed by atoms with Gasteiger partial charge in [0.05, 0.1) is 6.10 Å². The largest absolute Gasteiger partial charge is 0.434 e. The van der Waals surface area contributed by atoms with E-state index in [9.17, 15) is 13.9 Å². The summed E-state index contributed by atoms with van der Waals surface area (Å²) in [6.07, 6.45) is 3.29. The van der Waals surface area contributed by atoms with Crippen molar-refractivity contribution in [1.82, 2.24) is 0 Å². The summed E-state index contributed by atoms with van der Waals surface area (Å²) < 4.78 is 28.8. The summed E-state index contributed by atoms with van der Waals surface area (Å²) in [5, 5.41) is 9.97. The van der Waals surface area contributed by atoms with Crippen molar-refractivity contribution in [3.8, 4) is 5.75 Å². The SMILES string of the molecule is OC(CCC1CC1)c1ccccc1OC(F)F. The Morgan fingerprint density at radius 2 is 2.00 bits per heavy atom. The number of ether oxygens (including phenoxy) is 1. The average Bonchev–Trinajstić information content (AvgIpc) is 3.09. The number of alkyl halides is 2. The second-order valence-electron chi connectivity index (χ2n) is 4.45. The molecule has 0 bridgehead atoms. The van der Waals surface area contributed by atoms with E-state index in [1.807, 2.05) is 0 Å². The predicted octanol–water partition coefficient (Wildman–Crippen LogP) is 3.51. The lowest BCUT2D eigenvalue weighted by Gasteiger charge is -2.15. The van der Waals surface area contributed by atoms with Crippen LogP contribution in [0.1, 0.15) is 37.4 Å². The molecule has 0 saturated heterocycles. The quantitative estimate of drug-likeness (QED) is 0.827. The molecule has 1 fully saturated rings. The molecule has 1 aliphatic rings. The Hall–Kier alpha value is -1.16. The van der Waals surface area contributed by atoms with Crippen molar-refractivity contribution in [2.45, 2.75) is 38.4 Å². The summed E-state index contributed by atoms with van der Waals surface area (Å²) in [6, 6.07) is 6.43. The number of benzene rings is 1. The van der Waals surface area contributed by atoms with E-state index < -0.39 is 12.7 Å². The number of hydrogen-bond donors (Lipinski definition) is 1. The maximum absolute atomic E-state index is 12.2. The fraction of sp³-hybridized carbons (Fsp3) is 0.538. The van der Waals surface area contributed by atoms with Crippen LogP contribution >= 0.6 is 0 Å². The summed E-state index contributed by atoms with van der Waals surface area (Å²) in [6.45, 7) is -2.85. The first-order valence-corrected chi connectivity index (χ1v) is 5.88. The van der Waals surface area contributed by atoms with Crippen LogP contribution in [0.5, 0.6) is 5.75 Å². The summed E-state index contributed by atoms with van der Waals surface area (Å²) in [5.74, 6) is 0.790. The summed E-state index contributed by atoms with van der Waals surface area (Å²) in [5.41, 5.74) is 0.452. The Morgan fingerprint density at radius 3 is 2.65 bits per heavy atom. The molecule has 1 N–H and O–H groups in total. The highest BCUT2D eigenvalue weighted by Gasteiger charge is 2.23. The van der Waals surface area contributed by atoms with Crippen molar-refractivity contribution in [1.29, 1.82) is 0 Å². The molecule has 94 valence electrons. The van der Waals surface area contributed by atoms with Crippen LogP contribution < -0.4 is 4.74 Å². The standard InChI is InChI=1S/C13H16F2O2/c14-13(15)17-12-4-2-1-3-10(12)11(16)8-7-9-5-6-9/h1-4,9,11,13,16H,5-8H2. The third-order valence-electron chi connectivity index (χ3n) is 3.04. The smallest absolute Gasteiger partial charge is 0.387 e. The van der Waals surface area contributed by atoms with Crippen LogP contribution in [0.2, 0.25) is 0 Å². The van der Waals surface area contributed by atoms with Gasteiger partial charge in [-0.15, -0.1) is 0 Å².